The second-order valence-electron chi connectivity index (χ2n) is 19.0. The summed E-state index contributed by atoms with van der Waals surface area (Å²) in [7, 11) is -8.68. The van der Waals surface area contributed by atoms with Gasteiger partial charge in [-0.25, -0.2) is 16.8 Å². The lowest BCUT2D eigenvalue weighted by Crippen LogP contribution is -2.44. The standard InChI is InChI=1S/C50H72N2O8S2/c1-15-59-49(53)45-22-20-43(51(45)61(55,56)47-39(31(7)8)25-37(29(3)4)26-40(47)32(9)10)35-18-17-19-36(24-35)44-21-23-46(50(54)60-16-2)52(44)62(57,58)48-41(33(11)12)27-38(30(5)6)28-42(48)34(13)14/h17-19,24-34,43-46H,15-16,20-23H2,1-14H3. The van der Waals surface area contributed by atoms with E-state index in [0.717, 1.165) is 11.1 Å². The average molecular weight is 893 g/mol. The van der Waals surface area contributed by atoms with Gasteiger partial charge in [0.15, 0.2) is 0 Å². The maximum absolute atomic E-state index is 15.5. The van der Waals surface area contributed by atoms with Crippen LogP contribution in [-0.2, 0) is 39.1 Å². The SMILES string of the molecule is CCOC(=O)C1CCC(c2cccc(C3CCC(C(=O)OCC)N3S(=O)(=O)c3c(C(C)C)cc(C(C)C)cc3C(C)C)c2)N1S(=O)(=O)c1c(C(C)C)cc(C(C)C)cc1C(C)C. The van der Waals surface area contributed by atoms with E-state index in [9.17, 15) is 9.59 Å². The number of esters is 2. The van der Waals surface area contributed by atoms with Crippen molar-refractivity contribution in [3.63, 3.8) is 0 Å². The molecule has 2 saturated heterocycles. The summed E-state index contributed by atoms with van der Waals surface area (Å²) in [6.07, 6.45) is 1.20. The summed E-state index contributed by atoms with van der Waals surface area (Å²) in [5.41, 5.74) is 6.22. The Morgan fingerprint density at radius 1 is 0.516 bits per heavy atom. The van der Waals surface area contributed by atoms with Crippen molar-refractivity contribution in [3.8, 4) is 0 Å². The van der Waals surface area contributed by atoms with Crippen LogP contribution in [-0.4, -0.2) is 62.7 Å². The van der Waals surface area contributed by atoms with Gasteiger partial charge in [0.05, 0.1) is 35.1 Å². The van der Waals surface area contributed by atoms with E-state index in [-0.39, 0.29) is 71.4 Å². The van der Waals surface area contributed by atoms with E-state index in [1.807, 2.05) is 104 Å². The smallest absolute Gasteiger partial charge is 0.324 e. The van der Waals surface area contributed by atoms with E-state index in [2.05, 4.69) is 27.7 Å². The number of sulfonamides is 2. The fraction of sp³-hybridized carbons (Fsp3) is 0.600. The molecular weight excluding hydrogens is 821 g/mol. The first kappa shape index (κ1) is 49.4. The first-order valence-electron chi connectivity index (χ1n) is 22.9. The normalized spacial score (nSPS) is 20.5. The topological polar surface area (TPSA) is 127 Å². The van der Waals surface area contributed by atoms with Gasteiger partial charge >= 0.3 is 11.9 Å². The van der Waals surface area contributed by atoms with Gasteiger partial charge in [0, 0.05) is 0 Å². The van der Waals surface area contributed by atoms with Gasteiger partial charge in [0.2, 0.25) is 20.0 Å². The first-order valence-corrected chi connectivity index (χ1v) is 25.7. The van der Waals surface area contributed by atoms with Crippen molar-refractivity contribution < 1.29 is 35.9 Å². The highest BCUT2D eigenvalue weighted by Crippen LogP contribution is 2.48. The Balaban J connectivity index is 1.72. The molecule has 4 atom stereocenters. The lowest BCUT2D eigenvalue weighted by molar-refractivity contribution is -0.148. The molecular formula is C50H72N2O8S2. The van der Waals surface area contributed by atoms with Gasteiger partial charge in [0.25, 0.3) is 0 Å². The van der Waals surface area contributed by atoms with Crippen LogP contribution in [0.15, 0.2) is 58.3 Å². The van der Waals surface area contributed by atoms with Crippen LogP contribution in [0.1, 0.15) is 215 Å². The molecule has 4 unspecified atom stereocenters. The predicted octanol–water partition coefficient (Wildman–Crippen LogP) is 11.3. The number of carbonyl (C=O) groups excluding carboxylic acids is 2. The Bertz CT molecular complexity index is 2110. The molecule has 2 aliphatic heterocycles. The van der Waals surface area contributed by atoms with Crippen LogP contribution in [0.25, 0.3) is 0 Å². The van der Waals surface area contributed by atoms with E-state index in [4.69, 9.17) is 9.47 Å². The van der Waals surface area contributed by atoms with Crippen LogP contribution < -0.4 is 0 Å². The van der Waals surface area contributed by atoms with E-state index in [1.165, 1.54) is 8.61 Å². The Morgan fingerprint density at radius 2 is 0.823 bits per heavy atom. The summed E-state index contributed by atoms with van der Waals surface area (Å²) in [5, 5.41) is 0. The van der Waals surface area contributed by atoms with Crippen molar-refractivity contribution >= 4 is 32.0 Å². The highest BCUT2D eigenvalue weighted by molar-refractivity contribution is 7.89. The Labute approximate surface area is 373 Å². The number of rotatable bonds is 16. The van der Waals surface area contributed by atoms with Crippen LogP contribution in [0.2, 0.25) is 0 Å². The molecule has 5 rings (SSSR count). The van der Waals surface area contributed by atoms with Gasteiger partial charge in [0.1, 0.15) is 12.1 Å². The molecule has 0 aromatic heterocycles. The zero-order valence-electron chi connectivity index (χ0n) is 39.6. The molecule has 2 fully saturated rings. The van der Waals surface area contributed by atoms with Crippen LogP contribution in [0, 0.1) is 0 Å². The summed E-state index contributed by atoms with van der Waals surface area (Å²) < 4.78 is 76.0. The molecule has 2 aliphatic rings. The van der Waals surface area contributed by atoms with Crippen molar-refractivity contribution in [1.82, 2.24) is 8.61 Å². The molecule has 10 nitrogen and oxygen atoms in total. The molecule has 12 heteroatoms. The lowest BCUT2D eigenvalue weighted by Gasteiger charge is -2.33. The summed E-state index contributed by atoms with van der Waals surface area (Å²) in [6, 6.07) is 11.8. The minimum atomic E-state index is -4.34. The van der Waals surface area contributed by atoms with E-state index in [1.54, 1.807) is 13.8 Å². The number of benzene rings is 3. The minimum absolute atomic E-state index is 0.103. The molecule has 0 bridgehead atoms. The Morgan fingerprint density at radius 3 is 1.08 bits per heavy atom. The Kier molecular flexibility index (Phi) is 15.7. The molecule has 342 valence electrons. The number of ether oxygens (including phenoxy) is 2. The summed E-state index contributed by atoms with van der Waals surface area (Å²) >= 11 is 0. The number of hydrogen-bond acceptors (Lipinski definition) is 8. The summed E-state index contributed by atoms with van der Waals surface area (Å²) in [4.78, 5) is 28.0. The van der Waals surface area contributed by atoms with Crippen LogP contribution in [0.4, 0.5) is 0 Å². The van der Waals surface area contributed by atoms with Crippen molar-refractivity contribution in [2.75, 3.05) is 13.2 Å². The third-order valence-corrected chi connectivity index (χ3v) is 16.8. The largest absolute Gasteiger partial charge is 0.465 e. The highest BCUT2D eigenvalue weighted by atomic mass is 32.2. The van der Waals surface area contributed by atoms with Crippen LogP contribution in [0.3, 0.4) is 0 Å². The molecule has 0 saturated carbocycles. The first-order chi connectivity index (χ1) is 29.0. The number of hydrogen-bond donors (Lipinski definition) is 0. The van der Waals surface area contributed by atoms with Crippen molar-refractivity contribution in [2.24, 2.45) is 0 Å². The predicted molar refractivity (Wildman–Crippen MR) is 247 cm³/mol. The monoisotopic (exact) mass is 892 g/mol. The van der Waals surface area contributed by atoms with Crippen molar-refractivity contribution in [2.45, 2.75) is 192 Å². The van der Waals surface area contributed by atoms with E-state index in [0.29, 0.717) is 46.2 Å². The Hall–Kier alpha value is -3.58. The van der Waals surface area contributed by atoms with Gasteiger partial charge in [-0.3, -0.25) is 9.59 Å². The van der Waals surface area contributed by atoms with Gasteiger partial charge in [-0.1, -0.05) is 132 Å². The molecule has 0 N–H and O–H groups in total. The second kappa shape index (κ2) is 19.7. The zero-order valence-corrected chi connectivity index (χ0v) is 41.2. The van der Waals surface area contributed by atoms with Gasteiger partial charge in [-0.05, 0) is 120 Å². The molecule has 3 aromatic carbocycles. The van der Waals surface area contributed by atoms with Gasteiger partial charge in [-0.2, -0.15) is 8.61 Å². The fourth-order valence-electron chi connectivity index (χ4n) is 9.35. The zero-order chi connectivity index (χ0) is 46.2. The van der Waals surface area contributed by atoms with Crippen molar-refractivity contribution in [3.05, 3.63) is 93.0 Å². The molecule has 0 aliphatic carbocycles. The molecule has 2 heterocycles. The maximum Gasteiger partial charge on any atom is 0.324 e. The third-order valence-electron chi connectivity index (χ3n) is 12.7. The quantitative estimate of drug-likeness (QED) is 0.130. The lowest BCUT2D eigenvalue weighted by atomic mass is 9.89. The molecule has 3 aromatic rings. The van der Waals surface area contributed by atoms with Crippen LogP contribution in [0.5, 0.6) is 0 Å². The highest BCUT2D eigenvalue weighted by Gasteiger charge is 2.51. The molecule has 0 radical (unpaired) electrons. The summed E-state index contributed by atoms with van der Waals surface area (Å²) in [6.45, 7) is 28.0. The molecule has 62 heavy (non-hydrogen) atoms. The number of nitrogens with zero attached hydrogens (tertiary/aromatic N) is 2. The third kappa shape index (κ3) is 9.59. The second-order valence-corrected chi connectivity index (χ2v) is 22.6. The van der Waals surface area contributed by atoms with E-state index < -0.39 is 56.2 Å². The molecule has 0 spiro atoms. The van der Waals surface area contributed by atoms with Crippen molar-refractivity contribution in [1.29, 1.82) is 0 Å². The summed E-state index contributed by atoms with van der Waals surface area (Å²) in [5.74, 6) is -1.35. The van der Waals surface area contributed by atoms with Gasteiger partial charge < -0.3 is 9.47 Å². The van der Waals surface area contributed by atoms with Gasteiger partial charge in [-0.15, -0.1) is 0 Å². The maximum atomic E-state index is 15.5. The van der Waals surface area contributed by atoms with Crippen LogP contribution >= 0.6 is 0 Å². The average Bonchev–Trinajstić information content (AvgIpc) is 3.87. The van der Waals surface area contributed by atoms with E-state index >= 15 is 16.8 Å². The number of carbonyl (C=O) groups is 2. The minimum Gasteiger partial charge on any atom is -0.465 e. The fourth-order valence-corrected chi connectivity index (χ4v) is 14.3. The molecule has 0 amide bonds.